The van der Waals surface area contributed by atoms with Crippen LogP contribution in [0.1, 0.15) is 18.9 Å². The standard InChI is InChI=1S/C12H12BrNO/c1-3-5-9(2)15-11-7-4-6-10(8-14)12(11)13/h3-4,6-7,9H,1,5H2,2H3. The molecule has 0 heterocycles. The first kappa shape index (κ1) is 11.8. The molecule has 0 saturated carbocycles. The zero-order valence-electron chi connectivity index (χ0n) is 8.53. The van der Waals surface area contributed by atoms with Crippen LogP contribution in [0.15, 0.2) is 35.3 Å². The summed E-state index contributed by atoms with van der Waals surface area (Å²) in [6.45, 7) is 5.62. The van der Waals surface area contributed by atoms with Crippen LogP contribution in [0.3, 0.4) is 0 Å². The first-order valence-electron chi connectivity index (χ1n) is 4.65. The lowest BCUT2D eigenvalue weighted by Crippen LogP contribution is -2.10. The van der Waals surface area contributed by atoms with E-state index in [1.165, 1.54) is 0 Å². The molecule has 0 bridgehead atoms. The van der Waals surface area contributed by atoms with Crippen molar-refractivity contribution in [3.63, 3.8) is 0 Å². The Bertz CT molecular complexity index is 395. The second kappa shape index (κ2) is 5.57. The number of rotatable bonds is 4. The van der Waals surface area contributed by atoms with Crippen molar-refractivity contribution in [2.24, 2.45) is 0 Å². The first-order chi connectivity index (χ1) is 7.19. The molecule has 0 radical (unpaired) electrons. The molecule has 2 nitrogen and oxygen atoms in total. The highest BCUT2D eigenvalue weighted by atomic mass is 79.9. The summed E-state index contributed by atoms with van der Waals surface area (Å²) in [5, 5.41) is 8.83. The second-order valence-corrected chi connectivity index (χ2v) is 3.98. The number of benzene rings is 1. The third kappa shape index (κ3) is 3.10. The lowest BCUT2D eigenvalue weighted by Gasteiger charge is -2.14. The van der Waals surface area contributed by atoms with Gasteiger partial charge in [-0.25, -0.2) is 0 Å². The Hall–Kier alpha value is -1.27. The summed E-state index contributed by atoms with van der Waals surface area (Å²) in [4.78, 5) is 0. The van der Waals surface area contributed by atoms with E-state index in [-0.39, 0.29) is 6.10 Å². The lowest BCUT2D eigenvalue weighted by atomic mass is 10.2. The molecule has 0 spiro atoms. The van der Waals surface area contributed by atoms with E-state index in [4.69, 9.17) is 10.00 Å². The van der Waals surface area contributed by atoms with Crippen molar-refractivity contribution in [1.29, 1.82) is 5.26 Å². The zero-order valence-corrected chi connectivity index (χ0v) is 10.1. The van der Waals surface area contributed by atoms with E-state index in [2.05, 4.69) is 28.6 Å². The van der Waals surface area contributed by atoms with Gasteiger partial charge in [0.2, 0.25) is 0 Å². The van der Waals surface area contributed by atoms with E-state index >= 15 is 0 Å². The fourth-order valence-electron chi connectivity index (χ4n) is 1.19. The Morgan fingerprint density at radius 1 is 1.67 bits per heavy atom. The Kier molecular flexibility index (Phi) is 4.38. The van der Waals surface area contributed by atoms with Gasteiger partial charge in [-0.3, -0.25) is 0 Å². The molecule has 15 heavy (non-hydrogen) atoms. The van der Waals surface area contributed by atoms with Gasteiger partial charge in [0.1, 0.15) is 11.8 Å². The maximum Gasteiger partial charge on any atom is 0.135 e. The minimum absolute atomic E-state index is 0.0627. The van der Waals surface area contributed by atoms with Crippen molar-refractivity contribution in [1.82, 2.24) is 0 Å². The predicted molar refractivity (Wildman–Crippen MR) is 63.8 cm³/mol. The molecule has 0 saturated heterocycles. The van der Waals surface area contributed by atoms with Crippen molar-refractivity contribution < 1.29 is 4.74 Å². The number of ether oxygens (including phenoxy) is 1. The fraction of sp³-hybridized carbons (Fsp3) is 0.250. The molecule has 1 unspecified atom stereocenters. The summed E-state index contributed by atoms with van der Waals surface area (Å²) < 4.78 is 6.37. The average Bonchev–Trinajstić information content (AvgIpc) is 2.21. The van der Waals surface area contributed by atoms with Crippen molar-refractivity contribution in [2.75, 3.05) is 0 Å². The van der Waals surface area contributed by atoms with E-state index in [1.54, 1.807) is 12.1 Å². The van der Waals surface area contributed by atoms with E-state index in [1.807, 2.05) is 19.1 Å². The number of hydrogen-bond donors (Lipinski definition) is 0. The average molecular weight is 266 g/mol. The Labute approximate surface area is 98.3 Å². The van der Waals surface area contributed by atoms with Crippen molar-refractivity contribution in [2.45, 2.75) is 19.4 Å². The molecule has 1 rings (SSSR count). The van der Waals surface area contributed by atoms with Crippen LogP contribution in [0, 0.1) is 11.3 Å². The number of halogens is 1. The van der Waals surface area contributed by atoms with E-state index in [0.717, 1.165) is 6.42 Å². The summed E-state index contributed by atoms with van der Waals surface area (Å²) in [6.07, 6.45) is 2.66. The molecule has 0 fully saturated rings. The molecule has 1 aromatic rings. The molecular formula is C12H12BrNO. The molecule has 1 aromatic carbocycles. The molecule has 0 aromatic heterocycles. The maximum absolute atomic E-state index is 8.83. The van der Waals surface area contributed by atoms with Crippen LogP contribution in [0.5, 0.6) is 5.75 Å². The van der Waals surface area contributed by atoms with Crippen molar-refractivity contribution in [3.05, 3.63) is 40.9 Å². The highest BCUT2D eigenvalue weighted by Crippen LogP contribution is 2.29. The largest absolute Gasteiger partial charge is 0.489 e. The number of hydrogen-bond acceptors (Lipinski definition) is 2. The SMILES string of the molecule is C=CCC(C)Oc1cccc(C#N)c1Br. The topological polar surface area (TPSA) is 33.0 Å². The molecule has 3 heteroatoms. The summed E-state index contributed by atoms with van der Waals surface area (Å²) in [5.74, 6) is 0.698. The molecule has 0 N–H and O–H groups in total. The smallest absolute Gasteiger partial charge is 0.135 e. The van der Waals surface area contributed by atoms with Gasteiger partial charge in [0.25, 0.3) is 0 Å². The van der Waals surface area contributed by atoms with Crippen LogP contribution in [-0.4, -0.2) is 6.10 Å². The van der Waals surface area contributed by atoms with E-state index in [9.17, 15) is 0 Å². The van der Waals surface area contributed by atoms with Gasteiger partial charge in [0.05, 0.1) is 16.1 Å². The molecular weight excluding hydrogens is 254 g/mol. The minimum atomic E-state index is 0.0627. The van der Waals surface area contributed by atoms with Crippen LogP contribution in [-0.2, 0) is 0 Å². The van der Waals surface area contributed by atoms with E-state index < -0.39 is 0 Å². The molecule has 0 aliphatic rings. The van der Waals surface area contributed by atoms with Crippen LogP contribution in [0.2, 0.25) is 0 Å². The summed E-state index contributed by atoms with van der Waals surface area (Å²) in [6, 6.07) is 7.48. The maximum atomic E-state index is 8.83. The monoisotopic (exact) mass is 265 g/mol. The number of nitriles is 1. The van der Waals surface area contributed by atoms with Gasteiger partial charge in [-0.2, -0.15) is 5.26 Å². The third-order valence-corrected chi connectivity index (χ3v) is 2.73. The van der Waals surface area contributed by atoms with Crippen LogP contribution < -0.4 is 4.74 Å². The van der Waals surface area contributed by atoms with E-state index in [0.29, 0.717) is 15.8 Å². The van der Waals surface area contributed by atoms with Crippen LogP contribution in [0.4, 0.5) is 0 Å². The van der Waals surface area contributed by atoms with Crippen molar-refractivity contribution in [3.8, 4) is 11.8 Å². The van der Waals surface area contributed by atoms with Gasteiger partial charge >= 0.3 is 0 Å². The summed E-state index contributed by atoms with van der Waals surface area (Å²) in [5.41, 5.74) is 0.582. The van der Waals surface area contributed by atoms with Gasteiger partial charge in [-0.1, -0.05) is 12.1 Å². The quantitative estimate of drug-likeness (QED) is 0.779. The van der Waals surface area contributed by atoms with Gasteiger partial charge in [0.15, 0.2) is 0 Å². The summed E-state index contributed by atoms with van der Waals surface area (Å²) in [7, 11) is 0. The Morgan fingerprint density at radius 3 is 3.00 bits per heavy atom. The van der Waals surface area contributed by atoms with Crippen LogP contribution >= 0.6 is 15.9 Å². The van der Waals surface area contributed by atoms with Crippen LogP contribution in [0.25, 0.3) is 0 Å². The van der Waals surface area contributed by atoms with Crippen molar-refractivity contribution >= 4 is 15.9 Å². The highest BCUT2D eigenvalue weighted by Gasteiger charge is 2.08. The molecule has 0 amide bonds. The number of nitrogens with zero attached hydrogens (tertiary/aromatic N) is 1. The molecule has 1 atom stereocenters. The molecule has 0 aliphatic heterocycles. The third-order valence-electron chi connectivity index (χ3n) is 1.91. The van der Waals surface area contributed by atoms with Gasteiger partial charge in [0, 0.05) is 6.42 Å². The fourth-order valence-corrected chi connectivity index (χ4v) is 1.63. The molecule has 0 aliphatic carbocycles. The first-order valence-corrected chi connectivity index (χ1v) is 5.44. The van der Waals surface area contributed by atoms with Gasteiger partial charge < -0.3 is 4.74 Å². The normalized spacial score (nSPS) is 11.5. The second-order valence-electron chi connectivity index (χ2n) is 3.18. The Balaban J connectivity index is 2.86. The highest BCUT2D eigenvalue weighted by molar-refractivity contribution is 9.10. The zero-order chi connectivity index (χ0) is 11.3. The van der Waals surface area contributed by atoms with Gasteiger partial charge in [-0.05, 0) is 35.0 Å². The predicted octanol–water partition coefficient (Wildman–Crippen LogP) is 3.66. The molecule has 78 valence electrons. The minimum Gasteiger partial charge on any atom is -0.489 e. The lowest BCUT2D eigenvalue weighted by molar-refractivity contribution is 0.224. The van der Waals surface area contributed by atoms with Gasteiger partial charge in [-0.15, -0.1) is 6.58 Å². The summed E-state index contributed by atoms with van der Waals surface area (Å²) >= 11 is 3.35. The Morgan fingerprint density at radius 2 is 2.40 bits per heavy atom.